The summed E-state index contributed by atoms with van der Waals surface area (Å²) in [6.07, 6.45) is 40.1. The summed E-state index contributed by atoms with van der Waals surface area (Å²) in [6, 6.07) is 0. The molecule has 12 nitrogen and oxygen atoms in total. The average Bonchev–Trinajstić information content (AvgIpc) is 3.26. The van der Waals surface area contributed by atoms with Gasteiger partial charge in [-0.1, -0.05) is 172 Å². The van der Waals surface area contributed by atoms with Crippen LogP contribution in [0.1, 0.15) is 206 Å². The highest BCUT2D eigenvalue weighted by Crippen LogP contribution is 2.24. The number of aliphatic hydroxyl groups excluding tert-OH is 3. The highest BCUT2D eigenvalue weighted by Gasteiger charge is 2.46. The Morgan fingerprint density at radius 2 is 0.953 bits per heavy atom. The van der Waals surface area contributed by atoms with Gasteiger partial charge in [0, 0.05) is 12.8 Å². The van der Waals surface area contributed by atoms with E-state index < -0.39 is 71.2 Å². The van der Waals surface area contributed by atoms with Crippen LogP contribution in [0.2, 0.25) is 0 Å². The second kappa shape index (κ2) is 40.8. The fourth-order valence-electron chi connectivity index (χ4n) is 7.45. The fraction of sp³-hybridized carbons (Fsp3) is 0.804. The summed E-state index contributed by atoms with van der Waals surface area (Å²) in [7, 11) is -4.61. The number of aliphatic hydroxyl groups is 3. The number of hydrogen-bond donors (Lipinski definition) is 4. The number of allylic oxidation sites excluding steroid dienone is 8. The molecule has 0 aromatic carbocycles. The highest BCUT2D eigenvalue weighted by molar-refractivity contribution is 7.85. The minimum absolute atomic E-state index is 0.0919. The van der Waals surface area contributed by atoms with Gasteiger partial charge in [0.2, 0.25) is 0 Å². The lowest BCUT2D eigenvalue weighted by molar-refractivity contribution is -0.297. The molecule has 13 heteroatoms. The normalized spacial score (nSPS) is 20.0. The lowest BCUT2D eigenvalue weighted by Crippen LogP contribution is -2.60. The Hall–Kier alpha value is -2.39. The van der Waals surface area contributed by atoms with Gasteiger partial charge in [-0.25, -0.2) is 0 Å². The van der Waals surface area contributed by atoms with Gasteiger partial charge in [0.15, 0.2) is 12.4 Å². The molecule has 0 amide bonds. The van der Waals surface area contributed by atoms with Crippen LogP contribution in [0.15, 0.2) is 48.6 Å². The molecule has 0 aliphatic carbocycles. The van der Waals surface area contributed by atoms with Crippen LogP contribution in [-0.2, 0) is 38.7 Å². The van der Waals surface area contributed by atoms with E-state index in [0.29, 0.717) is 19.3 Å². The van der Waals surface area contributed by atoms with E-state index in [1.165, 1.54) is 122 Å². The van der Waals surface area contributed by atoms with Crippen molar-refractivity contribution >= 4 is 22.1 Å². The van der Waals surface area contributed by atoms with Crippen LogP contribution in [0, 0.1) is 0 Å². The second-order valence-corrected chi connectivity index (χ2v) is 19.0. The standard InChI is InChI=1S/C51H90O12S/c1-3-5-7-9-11-13-15-17-19-21-22-24-25-27-29-31-33-35-37-39-46(52)60-41-44(42-61-51-50(56)49(55)48(54)45(63-51)43-64(57,58)59)62-47(53)40-38-36-34-32-30-28-26-23-20-18-16-14-12-10-8-6-4-2/h17-20,26,28,32,34,44-45,48-51,54-56H,3-16,21-25,27,29-31,33,35-43H2,1-2H3,(H,57,58,59)/b19-17+,20-18+,28-26+,34-32+/t44-,45-,48-,49?,50?,51+/m1/s1. The third-order valence-corrected chi connectivity index (χ3v) is 12.1. The number of unbranched alkanes of at least 4 members (excludes halogenated alkanes) is 22. The maximum atomic E-state index is 12.8. The van der Waals surface area contributed by atoms with Gasteiger partial charge in [-0.3, -0.25) is 14.1 Å². The number of ether oxygens (including phenoxy) is 4. The summed E-state index contributed by atoms with van der Waals surface area (Å²) in [5, 5.41) is 30.9. The van der Waals surface area contributed by atoms with Crippen molar-refractivity contribution in [1.82, 2.24) is 0 Å². The maximum absolute atomic E-state index is 12.8. The molecule has 0 aromatic rings. The second-order valence-electron chi connectivity index (χ2n) is 17.5. The summed E-state index contributed by atoms with van der Waals surface area (Å²) >= 11 is 0. The fourth-order valence-corrected chi connectivity index (χ4v) is 8.14. The largest absolute Gasteiger partial charge is 0.462 e. The van der Waals surface area contributed by atoms with E-state index in [1.54, 1.807) is 0 Å². The first-order valence-corrected chi connectivity index (χ1v) is 26.8. The van der Waals surface area contributed by atoms with Crippen molar-refractivity contribution in [2.75, 3.05) is 19.0 Å². The molecule has 1 saturated heterocycles. The molecule has 64 heavy (non-hydrogen) atoms. The lowest BCUT2D eigenvalue weighted by Gasteiger charge is -2.40. The molecule has 6 atom stereocenters. The van der Waals surface area contributed by atoms with E-state index in [1.807, 2.05) is 12.2 Å². The van der Waals surface area contributed by atoms with E-state index in [2.05, 4.69) is 50.3 Å². The minimum atomic E-state index is -4.61. The third kappa shape index (κ3) is 34.9. The Kier molecular flexibility index (Phi) is 38.1. The first kappa shape index (κ1) is 59.6. The Morgan fingerprint density at radius 3 is 1.45 bits per heavy atom. The Morgan fingerprint density at radius 1 is 0.531 bits per heavy atom. The highest BCUT2D eigenvalue weighted by atomic mass is 32.2. The lowest BCUT2D eigenvalue weighted by atomic mass is 10.00. The molecule has 0 bridgehead atoms. The van der Waals surface area contributed by atoms with Crippen LogP contribution >= 0.6 is 0 Å². The van der Waals surface area contributed by atoms with Crippen LogP contribution in [0.4, 0.5) is 0 Å². The summed E-state index contributed by atoms with van der Waals surface area (Å²) in [5.41, 5.74) is 0. The molecular formula is C51H90O12S. The Bertz CT molecular complexity index is 1360. The molecule has 1 aliphatic heterocycles. The SMILES string of the molecule is CCCCCCCC/C=C/C/C=C/C/C=C/CCCC(=O)O[C@H](COC(=O)CCCCCCCCCCC/C=C/CCCCCCCC)CO[C@H]1O[C@H](CS(=O)(=O)O)[C@@H](O)C(O)C1O. The molecular weight excluding hydrogens is 837 g/mol. The van der Waals surface area contributed by atoms with Gasteiger partial charge >= 0.3 is 11.9 Å². The number of carbonyl (C=O) groups is 2. The zero-order valence-electron chi connectivity index (χ0n) is 39.9. The number of carbonyl (C=O) groups excluding carboxylic acids is 2. The molecule has 4 N–H and O–H groups in total. The molecule has 2 unspecified atom stereocenters. The number of hydrogen-bond acceptors (Lipinski definition) is 11. The van der Waals surface area contributed by atoms with Crippen molar-refractivity contribution in [3.05, 3.63) is 48.6 Å². The zero-order chi connectivity index (χ0) is 46.9. The molecule has 1 fully saturated rings. The smallest absolute Gasteiger partial charge is 0.306 e. The minimum Gasteiger partial charge on any atom is -0.462 e. The van der Waals surface area contributed by atoms with E-state index in [-0.39, 0.29) is 19.4 Å². The van der Waals surface area contributed by atoms with Crippen LogP contribution in [0.5, 0.6) is 0 Å². The van der Waals surface area contributed by atoms with Gasteiger partial charge in [0.05, 0.1) is 6.61 Å². The predicted molar refractivity (Wildman–Crippen MR) is 256 cm³/mol. The number of esters is 2. The van der Waals surface area contributed by atoms with Crippen molar-refractivity contribution in [3.8, 4) is 0 Å². The maximum Gasteiger partial charge on any atom is 0.306 e. The molecule has 0 saturated carbocycles. The molecule has 0 radical (unpaired) electrons. The Balaban J connectivity index is 2.42. The molecule has 1 rings (SSSR count). The molecule has 0 spiro atoms. The topological polar surface area (TPSA) is 186 Å². The first-order valence-electron chi connectivity index (χ1n) is 25.2. The summed E-state index contributed by atoms with van der Waals surface area (Å²) in [6.45, 7) is 3.72. The van der Waals surface area contributed by atoms with Gasteiger partial charge in [-0.05, 0) is 70.6 Å². The Labute approximate surface area is 388 Å². The van der Waals surface area contributed by atoms with E-state index in [9.17, 15) is 37.9 Å². The predicted octanol–water partition coefficient (Wildman–Crippen LogP) is 11.1. The van der Waals surface area contributed by atoms with E-state index in [4.69, 9.17) is 18.9 Å². The third-order valence-electron chi connectivity index (χ3n) is 11.4. The summed E-state index contributed by atoms with van der Waals surface area (Å²) < 4.78 is 54.1. The summed E-state index contributed by atoms with van der Waals surface area (Å²) in [5.74, 6) is -2.05. The van der Waals surface area contributed by atoms with Crippen molar-refractivity contribution in [2.45, 2.75) is 243 Å². The van der Waals surface area contributed by atoms with E-state index in [0.717, 1.165) is 38.5 Å². The summed E-state index contributed by atoms with van der Waals surface area (Å²) in [4.78, 5) is 25.5. The number of rotatable bonds is 42. The van der Waals surface area contributed by atoms with Crippen molar-refractivity contribution in [2.24, 2.45) is 0 Å². The quantitative estimate of drug-likeness (QED) is 0.0197. The van der Waals surface area contributed by atoms with Gasteiger partial charge < -0.3 is 34.3 Å². The monoisotopic (exact) mass is 927 g/mol. The van der Waals surface area contributed by atoms with Crippen molar-refractivity contribution < 1.29 is 56.8 Å². The van der Waals surface area contributed by atoms with Crippen LogP contribution in [0.25, 0.3) is 0 Å². The van der Waals surface area contributed by atoms with Crippen LogP contribution < -0.4 is 0 Å². The van der Waals surface area contributed by atoms with E-state index >= 15 is 0 Å². The van der Waals surface area contributed by atoms with Gasteiger partial charge in [-0.2, -0.15) is 8.42 Å². The van der Waals surface area contributed by atoms with Gasteiger partial charge in [0.1, 0.15) is 36.8 Å². The molecule has 372 valence electrons. The molecule has 1 heterocycles. The van der Waals surface area contributed by atoms with Crippen LogP contribution in [-0.4, -0.2) is 96.0 Å². The zero-order valence-corrected chi connectivity index (χ0v) is 40.7. The van der Waals surface area contributed by atoms with Crippen molar-refractivity contribution in [3.63, 3.8) is 0 Å². The van der Waals surface area contributed by atoms with Crippen molar-refractivity contribution in [1.29, 1.82) is 0 Å². The van der Waals surface area contributed by atoms with Crippen LogP contribution in [0.3, 0.4) is 0 Å². The van der Waals surface area contributed by atoms with Gasteiger partial charge in [0.25, 0.3) is 10.1 Å². The average molecular weight is 927 g/mol. The molecule has 0 aromatic heterocycles. The first-order chi connectivity index (χ1) is 31.0. The van der Waals surface area contributed by atoms with Gasteiger partial charge in [-0.15, -0.1) is 0 Å². The molecule has 1 aliphatic rings.